The van der Waals surface area contributed by atoms with Crippen LogP contribution in [0.5, 0.6) is 0 Å². The number of hydrogen-bond donors (Lipinski definition) is 0. The molecule has 1 fully saturated rings. The zero-order valence-corrected chi connectivity index (χ0v) is 10.3. The molecule has 1 atom stereocenters. The second-order valence-electron chi connectivity index (χ2n) is 4.74. The Bertz CT molecular complexity index is 507. The van der Waals surface area contributed by atoms with Crippen LogP contribution in [-0.4, -0.2) is 23.8 Å². The monoisotopic (exact) mass is 246 g/mol. The van der Waals surface area contributed by atoms with Gasteiger partial charge in [-0.3, -0.25) is 9.69 Å². The van der Waals surface area contributed by atoms with Crippen LogP contribution in [0.25, 0.3) is 0 Å². The number of rotatable bonds is 2. The van der Waals surface area contributed by atoms with Crippen molar-refractivity contribution >= 4 is 5.78 Å². The van der Waals surface area contributed by atoms with Gasteiger partial charge in [-0.15, -0.1) is 0 Å². The lowest BCUT2D eigenvalue weighted by atomic mass is 9.98. The smallest absolute Gasteiger partial charge is 0.145 e. The fourth-order valence-corrected chi connectivity index (χ4v) is 2.27. The van der Waals surface area contributed by atoms with E-state index in [4.69, 9.17) is 5.26 Å². The Labute approximate surface area is 106 Å². The summed E-state index contributed by atoms with van der Waals surface area (Å²) in [6, 6.07) is 6.70. The molecule has 0 amide bonds. The normalized spacial score (nSPS) is 20.7. The number of piperidine rings is 1. The predicted octanol–water partition coefficient (Wildman–Crippen LogP) is 2.11. The van der Waals surface area contributed by atoms with Gasteiger partial charge in [-0.25, -0.2) is 4.39 Å². The largest absolute Gasteiger partial charge is 0.299 e. The number of nitrogens with zero attached hydrogens (tertiary/aromatic N) is 2. The van der Waals surface area contributed by atoms with E-state index in [0.29, 0.717) is 31.6 Å². The van der Waals surface area contributed by atoms with E-state index in [1.165, 1.54) is 6.07 Å². The molecule has 1 aliphatic heterocycles. The number of benzene rings is 1. The third-order valence-electron chi connectivity index (χ3n) is 3.35. The number of halogens is 1. The van der Waals surface area contributed by atoms with Crippen LogP contribution in [0, 0.1) is 23.1 Å². The van der Waals surface area contributed by atoms with Gasteiger partial charge in [0, 0.05) is 37.5 Å². The molecule has 1 aliphatic rings. The van der Waals surface area contributed by atoms with Crippen molar-refractivity contribution in [1.29, 1.82) is 5.26 Å². The van der Waals surface area contributed by atoms with Gasteiger partial charge in [0.2, 0.25) is 0 Å². The van der Waals surface area contributed by atoms with Crippen molar-refractivity contribution in [3.8, 4) is 6.07 Å². The molecule has 1 saturated heterocycles. The van der Waals surface area contributed by atoms with Crippen LogP contribution >= 0.6 is 0 Å². The minimum Gasteiger partial charge on any atom is -0.299 e. The third-order valence-corrected chi connectivity index (χ3v) is 3.35. The first kappa shape index (κ1) is 12.7. The summed E-state index contributed by atoms with van der Waals surface area (Å²) in [4.78, 5) is 13.5. The first-order valence-corrected chi connectivity index (χ1v) is 6.04. The van der Waals surface area contributed by atoms with Gasteiger partial charge in [0.1, 0.15) is 17.7 Å². The minimum atomic E-state index is -0.440. The van der Waals surface area contributed by atoms with Gasteiger partial charge >= 0.3 is 0 Å². The Balaban J connectivity index is 2.11. The second-order valence-corrected chi connectivity index (χ2v) is 4.74. The number of likely N-dealkylation sites (tertiary alicyclic amines) is 1. The summed E-state index contributed by atoms with van der Waals surface area (Å²) in [7, 11) is 0. The zero-order chi connectivity index (χ0) is 13.1. The molecule has 18 heavy (non-hydrogen) atoms. The average molecular weight is 246 g/mol. The number of Topliss-reactive ketones (excluding diaryl/α,β-unsaturated/α-hetero) is 1. The molecular weight excluding hydrogens is 231 g/mol. The first-order chi connectivity index (χ1) is 8.61. The molecule has 0 saturated carbocycles. The Hall–Kier alpha value is -1.73. The minimum absolute atomic E-state index is 0.0148. The third kappa shape index (κ3) is 2.57. The summed E-state index contributed by atoms with van der Waals surface area (Å²) < 4.78 is 13.9. The van der Waals surface area contributed by atoms with Crippen molar-refractivity contribution in [2.45, 2.75) is 19.9 Å². The van der Waals surface area contributed by atoms with E-state index >= 15 is 0 Å². The summed E-state index contributed by atoms with van der Waals surface area (Å²) in [6.07, 6.45) is 0.528. The van der Waals surface area contributed by atoms with E-state index < -0.39 is 5.82 Å². The maximum Gasteiger partial charge on any atom is 0.145 e. The molecule has 1 heterocycles. The molecule has 1 aromatic rings. The number of hydrogen-bond acceptors (Lipinski definition) is 3. The van der Waals surface area contributed by atoms with Crippen LogP contribution in [0.3, 0.4) is 0 Å². The van der Waals surface area contributed by atoms with Gasteiger partial charge in [-0.2, -0.15) is 5.26 Å². The summed E-state index contributed by atoms with van der Waals surface area (Å²) in [5.41, 5.74) is 0.601. The van der Waals surface area contributed by atoms with Crippen molar-refractivity contribution < 1.29 is 9.18 Å². The lowest BCUT2D eigenvalue weighted by Gasteiger charge is -2.30. The van der Waals surface area contributed by atoms with Crippen LogP contribution in [0.15, 0.2) is 18.2 Å². The fraction of sp³-hybridized carbons (Fsp3) is 0.429. The summed E-state index contributed by atoms with van der Waals surface area (Å²) >= 11 is 0. The Morgan fingerprint density at radius 2 is 2.33 bits per heavy atom. The van der Waals surface area contributed by atoms with E-state index in [9.17, 15) is 9.18 Å². The second kappa shape index (κ2) is 5.28. The van der Waals surface area contributed by atoms with Gasteiger partial charge in [0.15, 0.2) is 0 Å². The molecule has 0 spiro atoms. The average Bonchev–Trinajstić information content (AvgIpc) is 2.36. The van der Waals surface area contributed by atoms with Gasteiger partial charge in [-0.1, -0.05) is 19.1 Å². The Morgan fingerprint density at radius 3 is 3.00 bits per heavy atom. The van der Waals surface area contributed by atoms with Gasteiger partial charge in [0.25, 0.3) is 0 Å². The van der Waals surface area contributed by atoms with E-state index in [2.05, 4.69) is 4.90 Å². The number of ketones is 1. The molecule has 0 N–H and O–H groups in total. The van der Waals surface area contributed by atoms with Crippen LogP contribution in [0.1, 0.15) is 24.5 Å². The lowest BCUT2D eigenvalue weighted by molar-refractivity contribution is -0.125. The molecular formula is C14H15FN2O. The molecule has 3 nitrogen and oxygen atoms in total. The molecule has 4 heteroatoms. The van der Waals surface area contributed by atoms with Crippen molar-refractivity contribution in [1.82, 2.24) is 4.90 Å². The Morgan fingerprint density at radius 1 is 1.56 bits per heavy atom. The highest BCUT2D eigenvalue weighted by atomic mass is 19.1. The lowest BCUT2D eigenvalue weighted by Crippen LogP contribution is -2.39. The molecule has 0 radical (unpaired) electrons. The predicted molar refractivity (Wildman–Crippen MR) is 65.2 cm³/mol. The number of carbonyl (C=O) groups is 1. The van der Waals surface area contributed by atoms with Crippen LogP contribution in [0.4, 0.5) is 4.39 Å². The van der Waals surface area contributed by atoms with Gasteiger partial charge in [-0.05, 0) is 6.07 Å². The SMILES string of the molecule is CC1CN(Cc2cccc(C#N)c2F)CCC1=O. The van der Waals surface area contributed by atoms with E-state index in [1.54, 1.807) is 12.1 Å². The van der Waals surface area contributed by atoms with Gasteiger partial charge in [0.05, 0.1) is 5.56 Å². The van der Waals surface area contributed by atoms with Crippen LogP contribution in [-0.2, 0) is 11.3 Å². The Kier molecular flexibility index (Phi) is 3.73. The van der Waals surface area contributed by atoms with Crippen molar-refractivity contribution in [3.05, 3.63) is 35.1 Å². The van der Waals surface area contributed by atoms with Crippen LogP contribution in [0.2, 0.25) is 0 Å². The van der Waals surface area contributed by atoms with E-state index in [1.807, 2.05) is 13.0 Å². The highest BCUT2D eigenvalue weighted by Crippen LogP contribution is 2.18. The fourth-order valence-electron chi connectivity index (χ4n) is 2.27. The highest BCUT2D eigenvalue weighted by Gasteiger charge is 2.24. The van der Waals surface area contributed by atoms with Crippen LogP contribution < -0.4 is 0 Å². The highest BCUT2D eigenvalue weighted by molar-refractivity contribution is 5.81. The van der Waals surface area contributed by atoms with Crippen molar-refractivity contribution in [2.24, 2.45) is 5.92 Å². The molecule has 0 aromatic heterocycles. The maximum absolute atomic E-state index is 13.9. The first-order valence-electron chi connectivity index (χ1n) is 6.04. The molecule has 0 bridgehead atoms. The number of carbonyl (C=O) groups excluding carboxylic acids is 1. The van der Waals surface area contributed by atoms with Gasteiger partial charge < -0.3 is 0 Å². The standard InChI is InChI=1S/C14H15FN2O/c1-10-8-17(6-5-13(10)18)9-12-4-2-3-11(7-16)14(12)15/h2-4,10H,5-6,8-9H2,1H3. The molecule has 1 aromatic carbocycles. The molecule has 0 aliphatic carbocycles. The topological polar surface area (TPSA) is 44.1 Å². The summed E-state index contributed by atoms with van der Waals surface area (Å²) in [6.45, 7) is 3.68. The summed E-state index contributed by atoms with van der Waals surface area (Å²) in [5.74, 6) is -0.150. The number of nitriles is 1. The van der Waals surface area contributed by atoms with Crippen molar-refractivity contribution in [2.75, 3.05) is 13.1 Å². The maximum atomic E-state index is 13.9. The van der Waals surface area contributed by atoms with E-state index in [-0.39, 0.29) is 17.3 Å². The molecule has 1 unspecified atom stereocenters. The zero-order valence-electron chi connectivity index (χ0n) is 10.3. The molecule has 2 rings (SSSR count). The summed E-state index contributed by atoms with van der Waals surface area (Å²) in [5, 5.41) is 8.78. The van der Waals surface area contributed by atoms with E-state index in [0.717, 1.165) is 0 Å². The quantitative estimate of drug-likeness (QED) is 0.802. The molecule has 94 valence electrons. The van der Waals surface area contributed by atoms with Crippen molar-refractivity contribution in [3.63, 3.8) is 0 Å².